The van der Waals surface area contributed by atoms with Gasteiger partial charge in [-0.3, -0.25) is 4.79 Å². The molecule has 0 bridgehead atoms. The van der Waals surface area contributed by atoms with Crippen molar-refractivity contribution in [3.8, 4) is 5.75 Å². The van der Waals surface area contributed by atoms with Crippen molar-refractivity contribution < 1.29 is 9.53 Å². The number of methoxy groups -OCH3 is 1. The summed E-state index contributed by atoms with van der Waals surface area (Å²) in [6, 6.07) is 3.45. The fourth-order valence-corrected chi connectivity index (χ4v) is 2.39. The summed E-state index contributed by atoms with van der Waals surface area (Å²) >= 11 is 0. The molecule has 5 N–H and O–H groups in total. The molecule has 0 spiro atoms. The number of hydrogen-bond acceptors (Lipinski definition) is 7. The van der Waals surface area contributed by atoms with Crippen LogP contribution in [0.25, 0.3) is 0 Å². The second kappa shape index (κ2) is 5.32. The Morgan fingerprint density at radius 2 is 2.27 bits per heavy atom. The van der Waals surface area contributed by atoms with Gasteiger partial charge in [-0.05, 0) is 12.1 Å². The van der Waals surface area contributed by atoms with Crippen LogP contribution in [0, 0.1) is 5.41 Å². The van der Waals surface area contributed by atoms with Crippen LogP contribution in [0.15, 0.2) is 18.5 Å². The highest BCUT2D eigenvalue weighted by Gasteiger charge is 2.24. The van der Waals surface area contributed by atoms with Crippen LogP contribution in [0.5, 0.6) is 5.75 Å². The Bertz CT molecular complexity index is 774. The van der Waals surface area contributed by atoms with Gasteiger partial charge in [0.1, 0.15) is 23.7 Å². The van der Waals surface area contributed by atoms with E-state index in [2.05, 4.69) is 20.6 Å². The van der Waals surface area contributed by atoms with Crippen LogP contribution >= 0.6 is 0 Å². The van der Waals surface area contributed by atoms with E-state index in [1.165, 1.54) is 13.4 Å². The smallest absolute Gasteiger partial charge is 0.252 e. The lowest BCUT2D eigenvalue weighted by atomic mass is 10.1. The van der Waals surface area contributed by atoms with Crippen molar-refractivity contribution in [3.63, 3.8) is 0 Å². The normalized spacial score (nSPS) is 12.5. The van der Waals surface area contributed by atoms with Gasteiger partial charge in [0.25, 0.3) is 5.91 Å². The Balaban J connectivity index is 2.06. The number of nitrogens with zero attached hydrogens (tertiary/aromatic N) is 2. The quantitative estimate of drug-likeness (QED) is 0.625. The monoisotopic (exact) mass is 298 g/mol. The number of anilines is 3. The molecule has 0 unspecified atom stereocenters. The van der Waals surface area contributed by atoms with Crippen LogP contribution < -0.4 is 21.1 Å². The Morgan fingerprint density at radius 3 is 3.00 bits per heavy atom. The molecular weight excluding hydrogens is 284 g/mol. The van der Waals surface area contributed by atoms with Gasteiger partial charge < -0.3 is 26.5 Å². The van der Waals surface area contributed by atoms with Crippen molar-refractivity contribution >= 4 is 29.4 Å². The number of nitrogens with one attached hydrogen (secondary N) is 3. The minimum Gasteiger partial charge on any atom is -0.494 e. The number of benzene rings is 1. The van der Waals surface area contributed by atoms with Crippen molar-refractivity contribution in [2.75, 3.05) is 18.2 Å². The number of rotatable bonds is 4. The molecule has 1 aromatic carbocycles. The number of ether oxygens (including phenoxy) is 1. The Hall–Kier alpha value is -3.16. The van der Waals surface area contributed by atoms with Crippen molar-refractivity contribution in [2.24, 2.45) is 0 Å². The van der Waals surface area contributed by atoms with E-state index in [-0.39, 0.29) is 11.7 Å². The fourth-order valence-electron chi connectivity index (χ4n) is 2.39. The molecule has 0 fully saturated rings. The minimum absolute atomic E-state index is 0.119. The molecule has 2 aromatic rings. The predicted octanol–water partition coefficient (Wildman–Crippen LogP) is 1.05. The van der Waals surface area contributed by atoms with E-state index >= 15 is 0 Å². The number of hydrogen-bond donors (Lipinski definition) is 4. The fraction of sp³-hybridized carbons (Fsp3) is 0.143. The maximum absolute atomic E-state index is 11.7. The molecule has 1 aliphatic rings. The maximum atomic E-state index is 11.7. The third kappa shape index (κ3) is 2.10. The van der Waals surface area contributed by atoms with Crippen molar-refractivity contribution in [1.82, 2.24) is 15.3 Å². The zero-order valence-electron chi connectivity index (χ0n) is 11.8. The number of carbonyl (C=O) groups excluding carboxylic acids is 1. The Labute approximate surface area is 126 Å². The predicted molar refractivity (Wildman–Crippen MR) is 81.8 cm³/mol. The van der Waals surface area contributed by atoms with E-state index < -0.39 is 0 Å². The van der Waals surface area contributed by atoms with Crippen molar-refractivity contribution in [1.29, 1.82) is 5.41 Å². The van der Waals surface area contributed by atoms with Gasteiger partial charge in [-0.1, -0.05) is 0 Å². The van der Waals surface area contributed by atoms with Gasteiger partial charge in [-0.15, -0.1) is 0 Å². The first-order valence-corrected chi connectivity index (χ1v) is 6.51. The number of nitrogens with two attached hydrogens (primary N) is 1. The van der Waals surface area contributed by atoms with Gasteiger partial charge in [-0.25, -0.2) is 9.97 Å². The molecule has 112 valence electrons. The lowest BCUT2D eigenvalue weighted by Crippen LogP contribution is -2.12. The Morgan fingerprint density at radius 1 is 1.45 bits per heavy atom. The number of nitrogen functional groups attached to an aromatic ring is 1. The first-order chi connectivity index (χ1) is 10.7. The molecule has 1 aromatic heterocycles. The molecule has 8 heteroatoms. The largest absolute Gasteiger partial charge is 0.494 e. The standard InChI is InChI=1S/C14H14N6O2/c1-22-11-9-5-17-14(21)7(9)2-3-10(11)20-13-8(4-15)12(16)18-6-19-13/h2-4,6,15H,5H2,1H3,(H,17,21)(H3,16,18,19,20). The molecule has 2 heterocycles. The van der Waals surface area contributed by atoms with Crippen LogP contribution in [0.3, 0.4) is 0 Å². The summed E-state index contributed by atoms with van der Waals surface area (Å²) in [5.41, 5.74) is 8.14. The third-order valence-corrected chi connectivity index (χ3v) is 3.45. The second-order valence-electron chi connectivity index (χ2n) is 4.65. The SMILES string of the molecule is COc1c(Nc2ncnc(N)c2C=N)ccc2c1CNC2=O. The molecule has 0 atom stereocenters. The minimum atomic E-state index is -0.119. The highest BCUT2D eigenvalue weighted by atomic mass is 16.5. The molecule has 3 rings (SSSR count). The van der Waals surface area contributed by atoms with Gasteiger partial charge in [-0.2, -0.15) is 0 Å². The molecule has 1 aliphatic heterocycles. The van der Waals surface area contributed by atoms with Crippen molar-refractivity contribution in [3.05, 3.63) is 35.2 Å². The number of aromatic nitrogens is 2. The van der Waals surface area contributed by atoms with E-state index in [0.717, 1.165) is 11.8 Å². The molecular formula is C14H14N6O2. The third-order valence-electron chi connectivity index (χ3n) is 3.45. The van der Waals surface area contributed by atoms with Crippen LogP contribution in [0.1, 0.15) is 21.5 Å². The topological polar surface area (TPSA) is 126 Å². The van der Waals surface area contributed by atoms with E-state index in [0.29, 0.717) is 34.9 Å². The van der Waals surface area contributed by atoms with Gasteiger partial charge in [0.15, 0.2) is 0 Å². The van der Waals surface area contributed by atoms with Gasteiger partial charge in [0, 0.05) is 23.9 Å². The van der Waals surface area contributed by atoms with Crippen LogP contribution in [-0.2, 0) is 6.54 Å². The summed E-state index contributed by atoms with van der Waals surface area (Å²) in [5, 5.41) is 13.3. The summed E-state index contributed by atoms with van der Waals surface area (Å²) in [4.78, 5) is 19.6. The van der Waals surface area contributed by atoms with E-state index in [1.54, 1.807) is 12.1 Å². The van der Waals surface area contributed by atoms with Crippen LogP contribution in [-0.4, -0.2) is 29.2 Å². The van der Waals surface area contributed by atoms with Crippen molar-refractivity contribution in [2.45, 2.75) is 6.54 Å². The number of carbonyl (C=O) groups is 1. The molecule has 0 saturated heterocycles. The molecule has 8 nitrogen and oxygen atoms in total. The van der Waals surface area contributed by atoms with Gasteiger partial charge in [0.05, 0.1) is 18.4 Å². The summed E-state index contributed by atoms with van der Waals surface area (Å²) in [6.07, 6.45) is 2.40. The zero-order chi connectivity index (χ0) is 15.7. The van der Waals surface area contributed by atoms with E-state index in [9.17, 15) is 4.79 Å². The first-order valence-electron chi connectivity index (χ1n) is 6.51. The molecule has 22 heavy (non-hydrogen) atoms. The molecule has 0 radical (unpaired) electrons. The summed E-state index contributed by atoms with van der Waals surface area (Å²) in [6.45, 7) is 0.413. The van der Waals surface area contributed by atoms with Crippen LogP contribution in [0.2, 0.25) is 0 Å². The molecule has 0 saturated carbocycles. The maximum Gasteiger partial charge on any atom is 0.252 e. The average molecular weight is 298 g/mol. The first kappa shape index (κ1) is 13.8. The van der Waals surface area contributed by atoms with E-state index in [1.807, 2.05) is 0 Å². The second-order valence-corrected chi connectivity index (χ2v) is 4.65. The van der Waals surface area contributed by atoms with E-state index in [4.69, 9.17) is 15.9 Å². The highest BCUT2D eigenvalue weighted by Crippen LogP contribution is 2.36. The molecule has 0 aliphatic carbocycles. The number of fused-ring (bicyclic) bond motifs is 1. The average Bonchev–Trinajstić information content (AvgIpc) is 2.89. The lowest BCUT2D eigenvalue weighted by Gasteiger charge is -2.15. The van der Waals surface area contributed by atoms with Gasteiger partial charge in [0.2, 0.25) is 0 Å². The van der Waals surface area contributed by atoms with Crippen LogP contribution in [0.4, 0.5) is 17.3 Å². The summed E-state index contributed by atoms with van der Waals surface area (Å²) in [7, 11) is 1.54. The van der Waals surface area contributed by atoms with Gasteiger partial charge >= 0.3 is 0 Å². The Kier molecular flexibility index (Phi) is 3.34. The highest BCUT2D eigenvalue weighted by molar-refractivity contribution is 6.00. The molecule has 1 amide bonds. The lowest BCUT2D eigenvalue weighted by molar-refractivity contribution is 0.0966. The summed E-state index contributed by atoms with van der Waals surface area (Å²) < 4.78 is 5.43. The number of amides is 1. The zero-order valence-corrected chi connectivity index (χ0v) is 11.8. The summed E-state index contributed by atoms with van der Waals surface area (Å²) in [5.74, 6) is 1.05.